The van der Waals surface area contributed by atoms with E-state index in [0.29, 0.717) is 18.4 Å². The number of hydrogen-bond donors (Lipinski definition) is 3. The second-order valence-electron chi connectivity index (χ2n) is 7.46. The first-order chi connectivity index (χ1) is 14.5. The molecular formula is C24H28N4O2. The fraction of sp³-hybridized carbons (Fsp3) is 0.292. The number of H-pyrrole nitrogens is 1. The highest BCUT2D eigenvalue weighted by molar-refractivity contribution is 5.86. The van der Waals surface area contributed by atoms with Crippen molar-refractivity contribution in [1.82, 2.24) is 9.97 Å². The van der Waals surface area contributed by atoms with Crippen molar-refractivity contribution in [2.24, 2.45) is 0 Å². The van der Waals surface area contributed by atoms with E-state index in [9.17, 15) is 9.59 Å². The molecule has 0 unspecified atom stereocenters. The Morgan fingerprint density at radius 1 is 0.933 bits per heavy atom. The summed E-state index contributed by atoms with van der Waals surface area (Å²) in [4.78, 5) is 31.3. The van der Waals surface area contributed by atoms with Gasteiger partial charge in [-0.3, -0.25) is 19.9 Å². The third-order valence-corrected chi connectivity index (χ3v) is 5.01. The highest BCUT2D eigenvalue weighted by Crippen LogP contribution is 2.14. The number of unbranched alkanes of at least 4 members (excludes halogenated alkanes) is 1. The molecule has 1 heterocycles. The molecule has 1 aromatic heterocycles. The molecule has 0 fully saturated rings. The fourth-order valence-electron chi connectivity index (χ4n) is 3.46. The number of benzene rings is 2. The molecule has 0 aliphatic heterocycles. The van der Waals surface area contributed by atoms with Gasteiger partial charge in [0.25, 0.3) is 5.56 Å². The lowest BCUT2D eigenvalue weighted by molar-refractivity contribution is -0.114. The van der Waals surface area contributed by atoms with Crippen molar-refractivity contribution >= 4 is 17.5 Å². The Balaban J connectivity index is 1.71. The zero-order valence-corrected chi connectivity index (χ0v) is 17.3. The number of anilines is 2. The molecule has 0 bridgehead atoms. The largest absolute Gasteiger partial charge is 0.399 e. The zero-order chi connectivity index (χ0) is 21.3. The standard InChI is InChI=1S/C24H28N4O2/c1-17(29)26-24-27-22(16-13-19-11-14-20(25)15-12-19)21(23(30)28-24)10-6-5-9-18-7-3-2-4-8-18/h2-4,7-8,11-12,14-15H,5-6,9-10,13,16,25H2,1H3,(H2,26,27,28,29,30). The highest BCUT2D eigenvalue weighted by Gasteiger charge is 2.13. The number of aromatic amines is 1. The molecule has 0 aliphatic rings. The number of aromatic nitrogens is 2. The molecule has 3 aromatic rings. The summed E-state index contributed by atoms with van der Waals surface area (Å²) in [5.41, 5.74) is 10.2. The molecule has 6 heteroatoms. The molecule has 156 valence electrons. The third-order valence-electron chi connectivity index (χ3n) is 5.01. The quantitative estimate of drug-likeness (QED) is 0.374. The Hall–Kier alpha value is -3.41. The molecule has 0 atom stereocenters. The average Bonchev–Trinajstić information content (AvgIpc) is 2.72. The lowest BCUT2D eigenvalue weighted by Gasteiger charge is -2.11. The van der Waals surface area contributed by atoms with Gasteiger partial charge in [-0.05, 0) is 61.8 Å². The number of hydrogen-bond acceptors (Lipinski definition) is 4. The second kappa shape index (κ2) is 10.4. The van der Waals surface area contributed by atoms with Crippen molar-refractivity contribution in [2.75, 3.05) is 11.1 Å². The average molecular weight is 405 g/mol. The number of aryl methyl sites for hydroxylation is 3. The van der Waals surface area contributed by atoms with E-state index in [2.05, 4.69) is 27.4 Å². The Labute approximate surface area is 176 Å². The summed E-state index contributed by atoms with van der Waals surface area (Å²) < 4.78 is 0. The number of carbonyl (C=O) groups is 1. The lowest BCUT2D eigenvalue weighted by atomic mass is 10.0. The van der Waals surface area contributed by atoms with Gasteiger partial charge in [-0.1, -0.05) is 42.5 Å². The minimum Gasteiger partial charge on any atom is -0.399 e. The van der Waals surface area contributed by atoms with Crippen LogP contribution in [0.2, 0.25) is 0 Å². The molecule has 3 rings (SSSR count). The SMILES string of the molecule is CC(=O)Nc1nc(CCc2ccc(N)cc2)c(CCCCc2ccccc2)c(=O)[nH]1. The summed E-state index contributed by atoms with van der Waals surface area (Å²) in [6.07, 6.45) is 4.90. The number of nitrogens with zero attached hydrogens (tertiary/aromatic N) is 1. The van der Waals surface area contributed by atoms with Crippen molar-refractivity contribution < 1.29 is 4.79 Å². The van der Waals surface area contributed by atoms with Gasteiger partial charge in [0, 0.05) is 18.2 Å². The number of nitrogens with one attached hydrogen (secondary N) is 2. The lowest BCUT2D eigenvalue weighted by Crippen LogP contribution is -2.22. The van der Waals surface area contributed by atoms with Gasteiger partial charge in [0.15, 0.2) is 0 Å². The smallest absolute Gasteiger partial charge is 0.255 e. The van der Waals surface area contributed by atoms with Crippen LogP contribution in [0.4, 0.5) is 11.6 Å². The molecule has 0 radical (unpaired) electrons. The number of nitrogen functional groups attached to an aromatic ring is 1. The maximum absolute atomic E-state index is 12.7. The van der Waals surface area contributed by atoms with Crippen LogP contribution < -0.4 is 16.6 Å². The summed E-state index contributed by atoms with van der Waals surface area (Å²) in [6, 6.07) is 18.0. The van der Waals surface area contributed by atoms with Gasteiger partial charge < -0.3 is 5.73 Å². The van der Waals surface area contributed by atoms with Crippen LogP contribution in [-0.2, 0) is 30.5 Å². The van der Waals surface area contributed by atoms with Crippen molar-refractivity contribution in [3.8, 4) is 0 Å². The molecule has 6 nitrogen and oxygen atoms in total. The summed E-state index contributed by atoms with van der Waals surface area (Å²) in [5.74, 6) is -0.0638. The van der Waals surface area contributed by atoms with Gasteiger partial charge >= 0.3 is 0 Å². The molecule has 0 spiro atoms. The van der Waals surface area contributed by atoms with Crippen LogP contribution in [0, 0.1) is 0 Å². The first-order valence-corrected chi connectivity index (χ1v) is 10.3. The van der Waals surface area contributed by atoms with Crippen LogP contribution in [0.1, 0.15) is 42.1 Å². The monoisotopic (exact) mass is 404 g/mol. The summed E-state index contributed by atoms with van der Waals surface area (Å²) >= 11 is 0. The van der Waals surface area contributed by atoms with Crippen molar-refractivity contribution in [2.45, 2.75) is 45.4 Å². The summed E-state index contributed by atoms with van der Waals surface area (Å²) in [7, 11) is 0. The minimum atomic E-state index is -0.266. The van der Waals surface area contributed by atoms with Crippen molar-refractivity contribution in [3.63, 3.8) is 0 Å². The van der Waals surface area contributed by atoms with E-state index >= 15 is 0 Å². The van der Waals surface area contributed by atoms with E-state index < -0.39 is 0 Å². The van der Waals surface area contributed by atoms with E-state index in [1.165, 1.54) is 12.5 Å². The Morgan fingerprint density at radius 2 is 1.60 bits per heavy atom. The van der Waals surface area contributed by atoms with Crippen LogP contribution in [0.5, 0.6) is 0 Å². The maximum atomic E-state index is 12.7. The van der Waals surface area contributed by atoms with E-state index in [0.717, 1.165) is 42.6 Å². The topological polar surface area (TPSA) is 101 Å². The van der Waals surface area contributed by atoms with Gasteiger partial charge in [0.05, 0.1) is 5.69 Å². The first kappa shape index (κ1) is 21.3. The normalized spacial score (nSPS) is 10.7. The Bertz CT molecular complexity index is 1030. The Morgan fingerprint density at radius 3 is 2.30 bits per heavy atom. The van der Waals surface area contributed by atoms with Crippen LogP contribution in [0.25, 0.3) is 0 Å². The molecule has 4 N–H and O–H groups in total. The third kappa shape index (κ3) is 6.30. The van der Waals surface area contributed by atoms with Crippen LogP contribution in [0.15, 0.2) is 59.4 Å². The molecular weight excluding hydrogens is 376 g/mol. The molecule has 0 aliphatic carbocycles. The van der Waals surface area contributed by atoms with E-state index in [1.54, 1.807) is 0 Å². The summed E-state index contributed by atoms with van der Waals surface area (Å²) in [6.45, 7) is 1.39. The highest BCUT2D eigenvalue weighted by atomic mass is 16.1. The van der Waals surface area contributed by atoms with Crippen molar-refractivity contribution in [1.29, 1.82) is 0 Å². The molecule has 0 saturated heterocycles. The minimum absolute atomic E-state index is 0.180. The van der Waals surface area contributed by atoms with E-state index in [1.807, 2.05) is 42.5 Å². The van der Waals surface area contributed by atoms with Gasteiger partial charge in [0.2, 0.25) is 11.9 Å². The molecule has 1 amide bonds. The van der Waals surface area contributed by atoms with Gasteiger partial charge in [-0.2, -0.15) is 0 Å². The van der Waals surface area contributed by atoms with E-state index in [-0.39, 0.29) is 17.4 Å². The first-order valence-electron chi connectivity index (χ1n) is 10.3. The molecule has 2 aromatic carbocycles. The fourth-order valence-corrected chi connectivity index (χ4v) is 3.46. The van der Waals surface area contributed by atoms with Gasteiger partial charge in [-0.25, -0.2) is 4.98 Å². The second-order valence-corrected chi connectivity index (χ2v) is 7.46. The summed E-state index contributed by atoms with van der Waals surface area (Å²) in [5, 5.41) is 2.59. The molecule has 30 heavy (non-hydrogen) atoms. The zero-order valence-electron chi connectivity index (χ0n) is 17.3. The number of amides is 1. The molecule has 0 saturated carbocycles. The predicted octanol–water partition coefficient (Wildman–Crippen LogP) is 3.66. The number of carbonyl (C=O) groups excluding carboxylic acids is 1. The van der Waals surface area contributed by atoms with E-state index in [4.69, 9.17) is 5.73 Å². The van der Waals surface area contributed by atoms with Crippen LogP contribution in [0.3, 0.4) is 0 Å². The Kier molecular flexibility index (Phi) is 7.38. The maximum Gasteiger partial charge on any atom is 0.255 e. The number of nitrogens with two attached hydrogens (primary N) is 1. The number of rotatable bonds is 9. The van der Waals surface area contributed by atoms with Crippen LogP contribution in [-0.4, -0.2) is 15.9 Å². The predicted molar refractivity (Wildman–Crippen MR) is 121 cm³/mol. The van der Waals surface area contributed by atoms with Crippen LogP contribution >= 0.6 is 0 Å². The van der Waals surface area contributed by atoms with Gasteiger partial charge in [0.1, 0.15) is 0 Å². The van der Waals surface area contributed by atoms with Crippen molar-refractivity contribution in [3.05, 3.63) is 87.3 Å². The van der Waals surface area contributed by atoms with Gasteiger partial charge in [-0.15, -0.1) is 0 Å².